The van der Waals surface area contributed by atoms with E-state index in [1.165, 1.54) is 27.1 Å². The molecular weight excluding hydrogens is 380 g/mol. The van der Waals surface area contributed by atoms with Crippen molar-refractivity contribution < 1.29 is 13.2 Å². The van der Waals surface area contributed by atoms with Crippen molar-refractivity contribution in [1.29, 1.82) is 0 Å². The first-order valence-corrected chi connectivity index (χ1v) is 12.4. The fraction of sp³-hybridized carbons (Fsp3) is 0.650. The van der Waals surface area contributed by atoms with Crippen molar-refractivity contribution in [3.05, 3.63) is 28.3 Å². The summed E-state index contributed by atoms with van der Waals surface area (Å²) in [5.41, 5.74) is 5.08. The number of hydrogen-bond donors (Lipinski definition) is 0. The standard InChI is InChI=1S/C20H30N2O3S2/c1-14-11-15(2)17(4)20(16(14)3)26-12-19(23)22-8-6-21(7-9-22)18-5-10-27(24,25)13-18/h11,18H,5-10,12-13H2,1-4H3. The molecule has 2 saturated heterocycles. The Labute approximate surface area is 167 Å². The second kappa shape index (κ2) is 8.13. The molecule has 2 fully saturated rings. The quantitative estimate of drug-likeness (QED) is 0.713. The van der Waals surface area contributed by atoms with Gasteiger partial charge in [0, 0.05) is 37.1 Å². The summed E-state index contributed by atoms with van der Waals surface area (Å²) in [7, 11) is -2.85. The van der Waals surface area contributed by atoms with E-state index in [1.807, 2.05) is 4.90 Å². The maximum atomic E-state index is 12.7. The van der Waals surface area contributed by atoms with Gasteiger partial charge in [-0.05, 0) is 56.4 Å². The SMILES string of the molecule is Cc1cc(C)c(C)c(SCC(=O)N2CCN(C3CCS(=O)(=O)C3)CC2)c1C. The molecule has 0 aliphatic carbocycles. The molecule has 3 rings (SSSR count). The van der Waals surface area contributed by atoms with Crippen LogP contribution in [0.15, 0.2) is 11.0 Å². The van der Waals surface area contributed by atoms with E-state index in [4.69, 9.17) is 0 Å². The van der Waals surface area contributed by atoms with E-state index >= 15 is 0 Å². The van der Waals surface area contributed by atoms with Crippen LogP contribution in [-0.4, -0.2) is 73.6 Å². The van der Waals surface area contributed by atoms with Crippen molar-refractivity contribution in [2.45, 2.75) is 45.1 Å². The molecule has 2 heterocycles. The van der Waals surface area contributed by atoms with Crippen LogP contribution in [0, 0.1) is 27.7 Å². The van der Waals surface area contributed by atoms with Crippen LogP contribution in [-0.2, 0) is 14.6 Å². The van der Waals surface area contributed by atoms with Gasteiger partial charge in [-0.2, -0.15) is 0 Å². The minimum atomic E-state index is -2.85. The van der Waals surface area contributed by atoms with Crippen LogP contribution in [0.4, 0.5) is 0 Å². The average Bonchev–Trinajstić information content (AvgIpc) is 3.00. The maximum Gasteiger partial charge on any atom is 0.233 e. The van der Waals surface area contributed by atoms with E-state index < -0.39 is 9.84 Å². The normalized spacial score (nSPS) is 23.0. The third-order valence-corrected chi connectivity index (χ3v) is 9.07. The predicted molar refractivity (Wildman–Crippen MR) is 111 cm³/mol. The lowest BCUT2D eigenvalue weighted by atomic mass is 10.0. The fourth-order valence-electron chi connectivity index (χ4n) is 4.02. The Balaban J connectivity index is 1.54. The summed E-state index contributed by atoms with van der Waals surface area (Å²) in [6, 6.07) is 2.35. The summed E-state index contributed by atoms with van der Waals surface area (Å²) >= 11 is 1.65. The van der Waals surface area contributed by atoms with Crippen LogP contribution in [0.5, 0.6) is 0 Å². The number of aryl methyl sites for hydroxylation is 2. The molecule has 27 heavy (non-hydrogen) atoms. The van der Waals surface area contributed by atoms with Gasteiger partial charge in [0.25, 0.3) is 0 Å². The van der Waals surface area contributed by atoms with Crippen molar-refractivity contribution in [3.63, 3.8) is 0 Å². The summed E-state index contributed by atoms with van der Waals surface area (Å²) in [6.45, 7) is 11.4. The Morgan fingerprint density at radius 1 is 1.07 bits per heavy atom. The van der Waals surface area contributed by atoms with Gasteiger partial charge >= 0.3 is 0 Å². The number of rotatable bonds is 4. The molecular formula is C20H30N2O3S2. The number of carbonyl (C=O) groups excluding carboxylic acids is 1. The molecule has 1 aromatic carbocycles. The Morgan fingerprint density at radius 2 is 1.67 bits per heavy atom. The Kier molecular flexibility index (Phi) is 6.23. The summed E-state index contributed by atoms with van der Waals surface area (Å²) < 4.78 is 23.4. The predicted octanol–water partition coefficient (Wildman–Crippen LogP) is 2.34. The fourth-order valence-corrected chi connectivity index (χ4v) is 6.99. The van der Waals surface area contributed by atoms with Crippen LogP contribution in [0.1, 0.15) is 28.7 Å². The van der Waals surface area contributed by atoms with Gasteiger partial charge in [0.05, 0.1) is 17.3 Å². The van der Waals surface area contributed by atoms with Crippen molar-refractivity contribution in [2.75, 3.05) is 43.4 Å². The van der Waals surface area contributed by atoms with Crippen LogP contribution in [0.3, 0.4) is 0 Å². The highest BCUT2D eigenvalue weighted by Crippen LogP contribution is 2.31. The molecule has 0 spiro atoms. The van der Waals surface area contributed by atoms with Gasteiger partial charge in [0.2, 0.25) is 5.91 Å². The molecule has 0 aromatic heterocycles. The second-order valence-electron chi connectivity index (χ2n) is 7.85. The molecule has 1 amide bonds. The highest BCUT2D eigenvalue weighted by molar-refractivity contribution is 8.00. The summed E-state index contributed by atoms with van der Waals surface area (Å²) in [6.07, 6.45) is 0.734. The first-order chi connectivity index (χ1) is 12.7. The minimum Gasteiger partial charge on any atom is -0.339 e. The number of sulfone groups is 1. The smallest absolute Gasteiger partial charge is 0.233 e. The van der Waals surface area contributed by atoms with Crippen LogP contribution in [0.25, 0.3) is 0 Å². The molecule has 0 bridgehead atoms. The lowest BCUT2D eigenvalue weighted by Crippen LogP contribution is -2.52. The van der Waals surface area contributed by atoms with Gasteiger partial charge in [-0.25, -0.2) is 8.42 Å². The molecule has 2 aliphatic heterocycles. The molecule has 1 atom stereocenters. The van der Waals surface area contributed by atoms with Gasteiger partial charge < -0.3 is 4.90 Å². The van der Waals surface area contributed by atoms with Crippen molar-refractivity contribution in [1.82, 2.24) is 9.80 Å². The number of thioether (sulfide) groups is 1. The number of carbonyl (C=O) groups is 1. The van der Waals surface area contributed by atoms with E-state index in [1.54, 1.807) is 11.8 Å². The van der Waals surface area contributed by atoms with Crippen LogP contribution >= 0.6 is 11.8 Å². The first-order valence-electron chi connectivity index (χ1n) is 9.60. The average molecular weight is 411 g/mol. The van der Waals surface area contributed by atoms with Crippen molar-refractivity contribution >= 4 is 27.5 Å². The number of nitrogens with zero attached hydrogens (tertiary/aromatic N) is 2. The molecule has 2 aliphatic rings. The van der Waals surface area contributed by atoms with E-state index in [0.29, 0.717) is 24.6 Å². The van der Waals surface area contributed by atoms with E-state index in [2.05, 4.69) is 38.7 Å². The monoisotopic (exact) mass is 410 g/mol. The Morgan fingerprint density at radius 3 is 2.19 bits per heavy atom. The summed E-state index contributed by atoms with van der Waals surface area (Å²) in [5, 5.41) is 0. The molecule has 0 radical (unpaired) electrons. The maximum absolute atomic E-state index is 12.7. The highest BCUT2D eigenvalue weighted by Gasteiger charge is 2.34. The van der Waals surface area contributed by atoms with Gasteiger partial charge in [-0.3, -0.25) is 9.69 Å². The minimum absolute atomic E-state index is 0.141. The molecule has 0 N–H and O–H groups in total. The van der Waals surface area contributed by atoms with Gasteiger partial charge in [-0.15, -0.1) is 11.8 Å². The van der Waals surface area contributed by atoms with Crippen molar-refractivity contribution in [3.8, 4) is 0 Å². The summed E-state index contributed by atoms with van der Waals surface area (Å²) in [4.78, 5) is 18.1. The van der Waals surface area contributed by atoms with E-state index in [0.717, 1.165) is 19.5 Å². The molecule has 1 unspecified atom stereocenters. The molecule has 0 saturated carbocycles. The van der Waals surface area contributed by atoms with Gasteiger partial charge in [0.1, 0.15) is 0 Å². The van der Waals surface area contributed by atoms with Gasteiger partial charge in [-0.1, -0.05) is 6.07 Å². The number of hydrogen-bond acceptors (Lipinski definition) is 5. The lowest BCUT2D eigenvalue weighted by molar-refractivity contribution is -0.130. The number of piperazine rings is 1. The topological polar surface area (TPSA) is 57.7 Å². The third-order valence-electron chi connectivity index (χ3n) is 6.03. The van der Waals surface area contributed by atoms with E-state index in [-0.39, 0.29) is 17.7 Å². The molecule has 150 valence electrons. The third kappa shape index (κ3) is 4.69. The van der Waals surface area contributed by atoms with E-state index in [9.17, 15) is 13.2 Å². The van der Waals surface area contributed by atoms with Gasteiger partial charge in [0.15, 0.2) is 9.84 Å². The van der Waals surface area contributed by atoms with Crippen LogP contribution < -0.4 is 0 Å². The molecule has 1 aromatic rings. The Hall–Kier alpha value is -1.05. The summed E-state index contributed by atoms with van der Waals surface area (Å²) in [5.74, 6) is 1.23. The second-order valence-corrected chi connectivity index (χ2v) is 11.1. The first kappa shape index (κ1) is 20.7. The zero-order valence-corrected chi connectivity index (χ0v) is 18.4. The molecule has 7 heteroatoms. The lowest BCUT2D eigenvalue weighted by Gasteiger charge is -2.37. The largest absolute Gasteiger partial charge is 0.339 e. The van der Waals surface area contributed by atoms with Crippen LogP contribution in [0.2, 0.25) is 0 Å². The highest BCUT2D eigenvalue weighted by atomic mass is 32.2. The Bertz CT molecular complexity index is 802. The number of amides is 1. The zero-order chi connectivity index (χ0) is 19.8. The molecule has 5 nitrogen and oxygen atoms in total. The number of benzene rings is 1. The zero-order valence-electron chi connectivity index (χ0n) is 16.7. The van der Waals surface area contributed by atoms with Crippen molar-refractivity contribution in [2.24, 2.45) is 0 Å².